The van der Waals surface area contributed by atoms with E-state index in [1.807, 2.05) is 48.5 Å². The number of halogens is 4. The Morgan fingerprint density at radius 3 is 2.46 bits per heavy atom. The summed E-state index contributed by atoms with van der Waals surface area (Å²) < 4.78 is 47.5. The Morgan fingerprint density at radius 1 is 1.00 bits per heavy atom. The van der Waals surface area contributed by atoms with E-state index in [9.17, 15) is 27.9 Å². The van der Waals surface area contributed by atoms with Gasteiger partial charge in [-0.05, 0) is 66.1 Å². The van der Waals surface area contributed by atoms with E-state index < -0.39 is 23.7 Å². The molecule has 0 radical (unpaired) electrons. The minimum absolute atomic E-state index is 0.0747. The van der Waals surface area contributed by atoms with E-state index in [0.29, 0.717) is 16.6 Å². The van der Waals surface area contributed by atoms with Crippen LogP contribution in [0.1, 0.15) is 33.9 Å². The number of carbonyl (C=O) groups excluding carboxylic acids is 1. The first-order valence-electron chi connectivity index (χ1n) is 14.9. The van der Waals surface area contributed by atoms with Crippen LogP contribution in [0.4, 0.5) is 23.7 Å². The third-order valence-electron chi connectivity index (χ3n) is 8.35. The van der Waals surface area contributed by atoms with Crippen LogP contribution < -0.4 is 20.9 Å². The van der Waals surface area contributed by atoms with Gasteiger partial charge in [0.05, 0.1) is 35.4 Å². The molecule has 4 aromatic carbocycles. The molecule has 0 aliphatic carbocycles. The van der Waals surface area contributed by atoms with Crippen LogP contribution in [0.5, 0.6) is 11.5 Å². The number of hydrogen-bond donors (Lipinski definition) is 4. The number of carbonyl (C=O) groups is 1. The normalized spacial score (nSPS) is 12.3. The number of nitrogens with one attached hydrogen (secondary N) is 3. The fraction of sp³-hybridized carbons (Fsp3) is 0.167. The summed E-state index contributed by atoms with van der Waals surface area (Å²) in [5, 5.41) is 18.3. The number of amides is 2. The second-order valence-corrected chi connectivity index (χ2v) is 12.2. The van der Waals surface area contributed by atoms with Crippen molar-refractivity contribution in [3.63, 3.8) is 0 Å². The van der Waals surface area contributed by atoms with Gasteiger partial charge < -0.3 is 30.0 Å². The number of nitrogens with zero attached hydrogens (tertiary/aromatic N) is 1. The highest BCUT2D eigenvalue weighted by atomic mass is 79.9. The van der Waals surface area contributed by atoms with Gasteiger partial charge >= 0.3 is 12.2 Å². The van der Waals surface area contributed by atoms with Crippen molar-refractivity contribution in [2.45, 2.75) is 18.5 Å². The van der Waals surface area contributed by atoms with Crippen LogP contribution in [0.25, 0.3) is 21.8 Å². The predicted molar refractivity (Wildman–Crippen MR) is 183 cm³/mol. The van der Waals surface area contributed by atoms with Crippen molar-refractivity contribution in [2.75, 3.05) is 19.0 Å². The summed E-state index contributed by atoms with van der Waals surface area (Å²) in [6.07, 6.45) is -4.32. The van der Waals surface area contributed by atoms with Gasteiger partial charge in [0.25, 0.3) is 5.56 Å². The molecule has 0 saturated carbocycles. The van der Waals surface area contributed by atoms with Crippen LogP contribution >= 0.6 is 15.9 Å². The maximum Gasteiger partial charge on any atom is 0.416 e. The van der Waals surface area contributed by atoms with Crippen molar-refractivity contribution in [1.82, 2.24) is 14.9 Å². The number of benzene rings is 4. The number of aromatic hydroxyl groups is 1. The number of para-hydroxylation sites is 2. The standard InChI is InChI=1S/C36H30BrF3N4O4/c1-44-28-13-6-4-11-25(28)33(45)31(34(44)46)30(20-8-7-9-22(37)18-20)32-24(23-10-3-5-12-26(23)42-32)16-17-41-35(47)43-27-19-21(36(38,39)40)14-15-29(27)48-2/h3-15,18-19,30,42,45H,16-17H2,1-2H3,(H2,41,43,47). The molecule has 12 heteroatoms. The number of hydrogen-bond acceptors (Lipinski definition) is 4. The number of anilines is 1. The SMILES string of the molecule is COc1ccc(C(F)(F)F)cc1NC(=O)NCCc1c(C(c2cccc(Br)c2)c2c(O)c3ccccc3n(C)c2=O)[nH]c2ccccc12. The van der Waals surface area contributed by atoms with Crippen LogP contribution in [0, 0.1) is 0 Å². The molecular weight excluding hydrogens is 689 g/mol. The molecule has 0 spiro atoms. The van der Waals surface area contributed by atoms with E-state index >= 15 is 0 Å². The predicted octanol–water partition coefficient (Wildman–Crippen LogP) is 8.06. The van der Waals surface area contributed by atoms with Crippen molar-refractivity contribution in [3.8, 4) is 11.5 Å². The number of urea groups is 1. The highest BCUT2D eigenvalue weighted by Gasteiger charge is 2.32. The lowest BCUT2D eigenvalue weighted by Gasteiger charge is -2.22. The zero-order valence-corrected chi connectivity index (χ0v) is 27.4. The molecule has 0 aliphatic heterocycles. The summed E-state index contributed by atoms with van der Waals surface area (Å²) in [5.74, 6) is -0.794. The van der Waals surface area contributed by atoms with Crippen LogP contribution in [-0.2, 0) is 19.6 Å². The maximum absolute atomic E-state index is 14.0. The fourth-order valence-corrected chi connectivity index (χ4v) is 6.53. The van der Waals surface area contributed by atoms with Gasteiger partial charge in [0.1, 0.15) is 11.5 Å². The number of H-pyrrole nitrogens is 1. The van der Waals surface area contributed by atoms with Gasteiger partial charge in [0.15, 0.2) is 0 Å². The summed E-state index contributed by atoms with van der Waals surface area (Å²) in [4.78, 5) is 30.5. The molecule has 6 rings (SSSR count). The number of rotatable bonds is 8. The number of ether oxygens (including phenoxy) is 1. The number of fused-ring (bicyclic) bond motifs is 2. The van der Waals surface area contributed by atoms with E-state index in [0.717, 1.165) is 44.7 Å². The lowest BCUT2D eigenvalue weighted by atomic mass is 9.85. The Bertz CT molecular complexity index is 2230. The van der Waals surface area contributed by atoms with Crippen molar-refractivity contribution in [2.24, 2.45) is 7.05 Å². The highest BCUT2D eigenvalue weighted by molar-refractivity contribution is 9.10. The molecule has 246 valence electrons. The average Bonchev–Trinajstić information content (AvgIpc) is 3.43. The largest absolute Gasteiger partial charge is 0.507 e. The fourth-order valence-electron chi connectivity index (χ4n) is 6.11. The topological polar surface area (TPSA) is 108 Å². The molecule has 0 aliphatic rings. The summed E-state index contributed by atoms with van der Waals surface area (Å²) in [6.45, 7) is 0.0921. The van der Waals surface area contributed by atoms with E-state index in [1.165, 1.54) is 11.7 Å². The van der Waals surface area contributed by atoms with Crippen molar-refractivity contribution < 1.29 is 27.8 Å². The summed E-state index contributed by atoms with van der Waals surface area (Å²) >= 11 is 3.55. The third-order valence-corrected chi connectivity index (χ3v) is 8.85. The van der Waals surface area contributed by atoms with Crippen LogP contribution in [0.15, 0.2) is 100 Å². The molecule has 1 unspecified atom stereocenters. The second kappa shape index (κ2) is 13.1. The zero-order valence-electron chi connectivity index (χ0n) is 25.8. The molecule has 1 atom stereocenters. The van der Waals surface area contributed by atoms with Crippen molar-refractivity contribution in [1.29, 1.82) is 0 Å². The molecule has 4 N–H and O–H groups in total. The smallest absolute Gasteiger partial charge is 0.416 e. The van der Waals surface area contributed by atoms with Crippen LogP contribution in [0.2, 0.25) is 0 Å². The van der Waals surface area contributed by atoms with Gasteiger partial charge in [-0.3, -0.25) is 4.79 Å². The molecule has 2 aromatic heterocycles. The third kappa shape index (κ3) is 6.23. The quantitative estimate of drug-likeness (QED) is 0.128. The molecule has 0 saturated heterocycles. The molecule has 2 amide bonds. The van der Waals surface area contributed by atoms with E-state index in [2.05, 4.69) is 31.5 Å². The lowest BCUT2D eigenvalue weighted by molar-refractivity contribution is -0.137. The van der Waals surface area contributed by atoms with Crippen LogP contribution in [0.3, 0.4) is 0 Å². The molecule has 0 fully saturated rings. The Balaban J connectivity index is 1.40. The van der Waals surface area contributed by atoms with Gasteiger partial charge in [0, 0.05) is 40.0 Å². The molecule has 6 aromatic rings. The van der Waals surface area contributed by atoms with Gasteiger partial charge in [0.2, 0.25) is 0 Å². The zero-order chi connectivity index (χ0) is 34.2. The lowest BCUT2D eigenvalue weighted by Crippen LogP contribution is -2.31. The average molecular weight is 720 g/mol. The van der Waals surface area contributed by atoms with Gasteiger partial charge in [-0.25, -0.2) is 4.79 Å². The Labute approximate surface area is 281 Å². The highest BCUT2D eigenvalue weighted by Crippen LogP contribution is 2.41. The van der Waals surface area contributed by atoms with E-state index in [4.69, 9.17) is 4.74 Å². The molecule has 48 heavy (non-hydrogen) atoms. The molecule has 0 bridgehead atoms. The van der Waals surface area contributed by atoms with Crippen LogP contribution in [-0.4, -0.2) is 34.3 Å². The first kappa shape index (κ1) is 32.7. The maximum atomic E-state index is 14.0. The van der Waals surface area contributed by atoms with E-state index in [-0.39, 0.29) is 41.3 Å². The number of aryl methyl sites for hydroxylation is 1. The number of methoxy groups -OCH3 is 1. The minimum Gasteiger partial charge on any atom is -0.507 e. The second-order valence-electron chi connectivity index (χ2n) is 11.2. The Morgan fingerprint density at radius 2 is 1.73 bits per heavy atom. The molecule has 8 nitrogen and oxygen atoms in total. The molecule has 2 heterocycles. The van der Waals surface area contributed by atoms with Crippen molar-refractivity contribution in [3.05, 3.63) is 134 Å². The first-order chi connectivity index (χ1) is 23.0. The monoisotopic (exact) mass is 718 g/mol. The molecular formula is C36H30BrF3N4O4. The number of aromatic amines is 1. The summed E-state index contributed by atoms with van der Waals surface area (Å²) in [6, 6.07) is 24.3. The van der Waals surface area contributed by atoms with Crippen molar-refractivity contribution >= 4 is 49.5 Å². The minimum atomic E-state index is -4.60. The van der Waals surface area contributed by atoms with E-state index in [1.54, 1.807) is 31.3 Å². The van der Waals surface area contributed by atoms with Gasteiger partial charge in [-0.1, -0.05) is 58.4 Å². The number of pyridine rings is 1. The first-order valence-corrected chi connectivity index (χ1v) is 15.7. The Hall–Kier alpha value is -5.23. The summed E-state index contributed by atoms with van der Waals surface area (Å²) in [5.41, 5.74) is 2.32. The number of alkyl halides is 3. The number of aromatic nitrogens is 2. The van der Waals surface area contributed by atoms with Gasteiger partial charge in [-0.2, -0.15) is 13.2 Å². The van der Waals surface area contributed by atoms with Gasteiger partial charge in [-0.15, -0.1) is 0 Å². The summed E-state index contributed by atoms with van der Waals surface area (Å²) in [7, 11) is 2.96. The Kier molecular flexibility index (Phi) is 8.93.